The average molecular weight is 362 g/mol. The van der Waals surface area contributed by atoms with Crippen molar-refractivity contribution in [3.63, 3.8) is 0 Å². The van der Waals surface area contributed by atoms with Gasteiger partial charge in [0, 0.05) is 22.4 Å². The van der Waals surface area contributed by atoms with Crippen molar-refractivity contribution in [3.05, 3.63) is 76.8 Å². The molecule has 5 heteroatoms. The molecule has 0 atom stereocenters. The van der Waals surface area contributed by atoms with Gasteiger partial charge >= 0.3 is 0 Å². The number of nitrogens with zero attached hydrogens (tertiary/aromatic N) is 2. The molecule has 0 unspecified atom stereocenters. The van der Waals surface area contributed by atoms with E-state index < -0.39 is 0 Å². The van der Waals surface area contributed by atoms with Crippen molar-refractivity contribution in [1.82, 2.24) is 9.97 Å². The smallest absolute Gasteiger partial charge is 0.138 e. The summed E-state index contributed by atoms with van der Waals surface area (Å²) in [6.07, 6.45) is 1.62. The van der Waals surface area contributed by atoms with Crippen LogP contribution in [0.2, 0.25) is 5.02 Å². The Bertz CT molecular complexity index is 1100. The number of fused-ring (bicyclic) bond motifs is 1. The van der Waals surface area contributed by atoms with Gasteiger partial charge < -0.3 is 10.1 Å². The van der Waals surface area contributed by atoms with Crippen LogP contribution in [-0.2, 0) is 0 Å². The highest BCUT2D eigenvalue weighted by molar-refractivity contribution is 6.30. The minimum absolute atomic E-state index is 0.143. The predicted octanol–water partition coefficient (Wildman–Crippen LogP) is 5.65. The van der Waals surface area contributed by atoms with E-state index in [-0.39, 0.29) is 5.75 Å². The molecule has 4 aromatic rings. The minimum Gasteiger partial charge on any atom is -0.507 e. The van der Waals surface area contributed by atoms with Crippen molar-refractivity contribution in [2.75, 3.05) is 0 Å². The third-order valence-electron chi connectivity index (χ3n) is 4.20. The lowest BCUT2D eigenvalue weighted by molar-refractivity contribution is 0.474. The van der Waals surface area contributed by atoms with Gasteiger partial charge in [-0.2, -0.15) is 0 Å². The van der Waals surface area contributed by atoms with E-state index in [0.717, 1.165) is 33.7 Å². The molecule has 4 rings (SSSR count). The maximum Gasteiger partial charge on any atom is 0.138 e. The van der Waals surface area contributed by atoms with Gasteiger partial charge in [-0.15, -0.1) is 0 Å². The maximum absolute atomic E-state index is 9.93. The summed E-state index contributed by atoms with van der Waals surface area (Å²) < 4.78 is 0. The fourth-order valence-electron chi connectivity index (χ4n) is 2.75. The number of halogens is 1. The fourth-order valence-corrected chi connectivity index (χ4v) is 2.93. The highest BCUT2D eigenvalue weighted by atomic mass is 35.5. The molecule has 0 spiro atoms. The van der Waals surface area contributed by atoms with Crippen molar-refractivity contribution < 1.29 is 5.11 Å². The number of imidazole rings is 1. The Morgan fingerprint density at radius 2 is 1.92 bits per heavy atom. The van der Waals surface area contributed by atoms with Gasteiger partial charge in [-0.3, -0.25) is 4.99 Å². The summed E-state index contributed by atoms with van der Waals surface area (Å²) in [6, 6.07) is 18.8. The van der Waals surface area contributed by atoms with Gasteiger partial charge in [0.05, 0.1) is 16.7 Å². The molecular weight excluding hydrogens is 346 g/mol. The molecule has 128 valence electrons. The first-order valence-electron chi connectivity index (χ1n) is 8.18. The second-order valence-electron chi connectivity index (χ2n) is 6.07. The quantitative estimate of drug-likeness (QED) is 0.463. The van der Waals surface area contributed by atoms with E-state index >= 15 is 0 Å². The number of para-hydroxylation sites is 2. The molecule has 1 aromatic heterocycles. The van der Waals surface area contributed by atoms with Crippen LogP contribution in [0.15, 0.2) is 65.7 Å². The lowest BCUT2D eigenvalue weighted by atomic mass is 10.1. The van der Waals surface area contributed by atoms with Gasteiger partial charge in [0.2, 0.25) is 0 Å². The monoisotopic (exact) mass is 361 g/mol. The molecule has 4 nitrogen and oxygen atoms in total. The van der Waals surface area contributed by atoms with Crippen LogP contribution in [0.25, 0.3) is 22.4 Å². The highest BCUT2D eigenvalue weighted by Crippen LogP contribution is 2.28. The second-order valence-corrected chi connectivity index (χ2v) is 6.50. The standard InChI is InChI=1S/C21H16ClN3O/c1-13-6-7-14(21-24-17-4-2-3-5-18(17)25-21)11-19(13)23-12-15-10-16(22)8-9-20(15)26/h2-12,26H,1H3,(H,24,25). The number of aromatic amines is 1. The van der Waals surface area contributed by atoms with Crippen LogP contribution in [0, 0.1) is 6.92 Å². The first-order valence-corrected chi connectivity index (χ1v) is 8.56. The summed E-state index contributed by atoms with van der Waals surface area (Å²) in [5, 5.41) is 10.5. The SMILES string of the molecule is Cc1ccc(-c2nc3ccccc3[nH]2)cc1N=Cc1cc(Cl)ccc1O. The highest BCUT2D eigenvalue weighted by Gasteiger charge is 2.07. The number of aromatic nitrogens is 2. The number of hydrogen-bond donors (Lipinski definition) is 2. The zero-order valence-electron chi connectivity index (χ0n) is 14.1. The Labute approximate surface area is 155 Å². The van der Waals surface area contributed by atoms with E-state index in [4.69, 9.17) is 11.6 Å². The van der Waals surface area contributed by atoms with E-state index in [1.165, 1.54) is 0 Å². The molecule has 2 N–H and O–H groups in total. The summed E-state index contributed by atoms with van der Waals surface area (Å²) >= 11 is 5.99. The average Bonchev–Trinajstić information content (AvgIpc) is 3.08. The van der Waals surface area contributed by atoms with Crippen LogP contribution in [0.5, 0.6) is 5.75 Å². The molecule has 0 aliphatic rings. The zero-order valence-corrected chi connectivity index (χ0v) is 14.8. The largest absolute Gasteiger partial charge is 0.507 e. The zero-order chi connectivity index (χ0) is 18.1. The van der Waals surface area contributed by atoms with Crippen molar-refractivity contribution >= 4 is 34.5 Å². The number of H-pyrrole nitrogens is 1. The molecule has 1 heterocycles. The van der Waals surface area contributed by atoms with Crippen LogP contribution >= 0.6 is 11.6 Å². The first kappa shape index (κ1) is 16.4. The lowest BCUT2D eigenvalue weighted by Crippen LogP contribution is -1.85. The van der Waals surface area contributed by atoms with Crippen molar-refractivity contribution in [2.45, 2.75) is 6.92 Å². The second kappa shape index (κ2) is 6.65. The third-order valence-corrected chi connectivity index (χ3v) is 4.44. The fraction of sp³-hybridized carbons (Fsp3) is 0.0476. The van der Waals surface area contributed by atoms with E-state index in [0.29, 0.717) is 10.6 Å². The van der Waals surface area contributed by atoms with Gasteiger partial charge in [-0.25, -0.2) is 4.98 Å². The number of rotatable bonds is 3. The van der Waals surface area contributed by atoms with E-state index in [2.05, 4.69) is 15.0 Å². The Morgan fingerprint density at radius 3 is 2.77 bits per heavy atom. The van der Waals surface area contributed by atoms with Gasteiger partial charge in [0.1, 0.15) is 11.6 Å². The molecule has 26 heavy (non-hydrogen) atoms. The number of benzene rings is 3. The Morgan fingerprint density at radius 1 is 1.08 bits per heavy atom. The van der Waals surface area contributed by atoms with E-state index in [1.54, 1.807) is 24.4 Å². The first-order chi connectivity index (χ1) is 12.6. The maximum atomic E-state index is 9.93. The van der Waals surface area contributed by atoms with Crippen LogP contribution in [-0.4, -0.2) is 21.3 Å². The summed E-state index contributed by atoms with van der Waals surface area (Å²) in [6.45, 7) is 1.99. The van der Waals surface area contributed by atoms with Crippen LogP contribution in [0.4, 0.5) is 5.69 Å². The van der Waals surface area contributed by atoms with Crippen molar-refractivity contribution in [1.29, 1.82) is 0 Å². The number of aromatic hydroxyl groups is 1. The van der Waals surface area contributed by atoms with Gasteiger partial charge in [0.25, 0.3) is 0 Å². The van der Waals surface area contributed by atoms with Crippen LogP contribution in [0.3, 0.4) is 0 Å². The Balaban J connectivity index is 1.72. The predicted molar refractivity (Wildman–Crippen MR) is 107 cm³/mol. The number of aryl methyl sites for hydroxylation is 1. The molecule has 0 amide bonds. The molecule has 0 saturated heterocycles. The number of hydrogen-bond acceptors (Lipinski definition) is 3. The summed E-state index contributed by atoms with van der Waals surface area (Å²) in [5.74, 6) is 0.942. The van der Waals surface area contributed by atoms with Crippen molar-refractivity contribution in [2.24, 2.45) is 4.99 Å². The number of nitrogens with one attached hydrogen (secondary N) is 1. The molecule has 0 saturated carbocycles. The normalized spacial score (nSPS) is 11.5. The molecule has 0 bridgehead atoms. The third kappa shape index (κ3) is 3.19. The molecule has 0 radical (unpaired) electrons. The lowest BCUT2D eigenvalue weighted by Gasteiger charge is -2.04. The molecular formula is C21H16ClN3O. The summed E-state index contributed by atoms with van der Waals surface area (Å²) in [7, 11) is 0. The minimum atomic E-state index is 0.143. The van der Waals surface area contributed by atoms with Crippen LogP contribution in [0.1, 0.15) is 11.1 Å². The molecule has 0 aliphatic carbocycles. The van der Waals surface area contributed by atoms with Gasteiger partial charge in [-0.05, 0) is 48.9 Å². The number of phenols is 1. The Kier molecular flexibility index (Phi) is 4.19. The van der Waals surface area contributed by atoms with Crippen molar-refractivity contribution in [3.8, 4) is 17.1 Å². The van der Waals surface area contributed by atoms with Gasteiger partial charge in [-0.1, -0.05) is 35.9 Å². The molecule has 0 fully saturated rings. The molecule has 3 aromatic carbocycles. The van der Waals surface area contributed by atoms with Gasteiger partial charge in [0.15, 0.2) is 0 Å². The number of aliphatic imine (C=N–C) groups is 1. The number of phenolic OH excluding ortho intramolecular Hbond substituents is 1. The topological polar surface area (TPSA) is 61.3 Å². The Hall–Kier alpha value is -3.11. The molecule has 0 aliphatic heterocycles. The van der Waals surface area contributed by atoms with Crippen LogP contribution < -0.4 is 0 Å². The van der Waals surface area contributed by atoms with E-state index in [9.17, 15) is 5.11 Å². The summed E-state index contributed by atoms with van der Waals surface area (Å²) in [4.78, 5) is 12.5. The van der Waals surface area contributed by atoms with E-state index in [1.807, 2.05) is 49.4 Å². The summed E-state index contributed by atoms with van der Waals surface area (Å²) in [5.41, 5.74) is 5.29.